The third-order valence-electron chi connectivity index (χ3n) is 3.47. The van der Waals surface area contributed by atoms with E-state index in [9.17, 15) is 0 Å². The second-order valence-electron chi connectivity index (χ2n) is 4.94. The van der Waals surface area contributed by atoms with Gasteiger partial charge in [0.1, 0.15) is 12.4 Å². The lowest BCUT2D eigenvalue weighted by molar-refractivity contribution is 0.306. The van der Waals surface area contributed by atoms with Crippen LogP contribution >= 0.6 is 23.5 Å². The Morgan fingerprint density at radius 3 is 2.25 bits per heavy atom. The molecule has 1 saturated heterocycles. The van der Waals surface area contributed by atoms with Crippen molar-refractivity contribution in [3.05, 3.63) is 65.7 Å². The summed E-state index contributed by atoms with van der Waals surface area (Å²) in [5.41, 5.74) is 2.59. The molecule has 104 valence electrons. The molecule has 2 aromatic rings. The summed E-state index contributed by atoms with van der Waals surface area (Å²) in [6.07, 6.45) is 0. The van der Waals surface area contributed by atoms with E-state index in [1.165, 1.54) is 22.6 Å². The monoisotopic (exact) mass is 302 g/mol. The fourth-order valence-corrected chi connectivity index (χ4v) is 5.16. The van der Waals surface area contributed by atoms with E-state index in [0.717, 1.165) is 5.75 Å². The van der Waals surface area contributed by atoms with Gasteiger partial charge in [-0.1, -0.05) is 42.5 Å². The molecule has 0 radical (unpaired) electrons. The molecular weight excluding hydrogens is 284 g/mol. The van der Waals surface area contributed by atoms with Crippen molar-refractivity contribution in [2.24, 2.45) is 0 Å². The highest BCUT2D eigenvalue weighted by atomic mass is 32.2. The minimum Gasteiger partial charge on any atom is -0.489 e. The SMILES string of the molecule is CC1(c2ccc(OCc3ccccc3)cc2)SCCS1. The quantitative estimate of drug-likeness (QED) is 0.793. The van der Waals surface area contributed by atoms with Gasteiger partial charge in [-0.25, -0.2) is 0 Å². The molecule has 1 nitrogen and oxygen atoms in total. The van der Waals surface area contributed by atoms with Gasteiger partial charge in [-0.05, 0) is 30.2 Å². The van der Waals surface area contributed by atoms with E-state index in [1.807, 2.05) is 41.7 Å². The highest BCUT2D eigenvalue weighted by Crippen LogP contribution is 2.51. The van der Waals surface area contributed by atoms with Gasteiger partial charge >= 0.3 is 0 Å². The number of hydrogen-bond donors (Lipinski definition) is 0. The average molecular weight is 302 g/mol. The van der Waals surface area contributed by atoms with Crippen LogP contribution < -0.4 is 4.74 Å². The molecule has 0 bridgehead atoms. The van der Waals surface area contributed by atoms with E-state index in [-0.39, 0.29) is 4.08 Å². The molecule has 3 heteroatoms. The van der Waals surface area contributed by atoms with Gasteiger partial charge in [0.05, 0.1) is 4.08 Å². The standard InChI is InChI=1S/C17H18OS2/c1-17(19-11-12-20-17)15-7-9-16(10-8-15)18-13-14-5-3-2-4-6-14/h2-10H,11-13H2,1H3. The molecule has 20 heavy (non-hydrogen) atoms. The van der Waals surface area contributed by atoms with Crippen molar-refractivity contribution in [2.75, 3.05) is 11.5 Å². The maximum atomic E-state index is 5.83. The number of thioether (sulfide) groups is 2. The van der Waals surface area contributed by atoms with Crippen molar-refractivity contribution in [1.29, 1.82) is 0 Å². The fraction of sp³-hybridized carbons (Fsp3) is 0.294. The van der Waals surface area contributed by atoms with E-state index >= 15 is 0 Å². The van der Waals surface area contributed by atoms with Crippen LogP contribution in [0.3, 0.4) is 0 Å². The van der Waals surface area contributed by atoms with Gasteiger partial charge in [0.15, 0.2) is 0 Å². The number of ether oxygens (including phenoxy) is 1. The minimum absolute atomic E-state index is 0.220. The molecule has 0 aliphatic carbocycles. The van der Waals surface area contributed by atoms with Crippen LogP contribution in [0.2, 0.25) is 0 Å². The van der Waals surface area contributed by atoms with E-state index < -0.39 is 0 Å². The fourth-order valence-electron chi connectivity index (χ4n) is 2.28. The van der Waals surface area contributed by atoms with Crippen LogP contribution in [0.25, 0.3) is 0 Å². The van der Waals surface area contributed by atoms with Gasteiger partial charge in [0, 0.05) is 11.5 Å². The Labute approximate surface area is 129 Å². The molecule has 1 fully saturated rings. The van der Waals surface area contributed by atoms with Crippen LogP contribution in [0.4, 0.5) is 0 Å². The van der Waals surface area contributed by atoms with Crippen molar-refractivity contribution >= 4 is 23.5 Å². The summed E-state index contributed by atoms with van der Waals surface area (Å²) in [6.45, 7) is 2.94. The summed E-state index contributed by atoms with van der Waals surface area (Å²) in [5.74, 6) is 3.43. The van der Waals surface area contributed by atoms with Crippen LogP contribution in [0, 0.1) is 0 Å². The topological polar surface area (TPSA) is 9.23 Å². The molecule has 0 spiro atoms. The summed E-state index contributed by atoms with van der Waals surface area (Å²) in [6, 6.07) is 18.8. The van der Waals surface area contributed by atoms with Crippen LogP contribution in [0.15, 0.2) is 54.6 Å². The highest BCUT2D eigenvalue weighted by molar-refractivity contribution is 8.20. The van der Waals surface area contributed by atoms with Crippen LogP contribution in [0.1, 0.15) is 18.1 Å². The van der Waals surface area contributed by atoms with Gasteiger partial charge in [-0.3, -0.25) is 0 Å². The average Bonchev–Trinajstić information content (AvgIpc) is 2.95. The maximum absolute atomic E-state index is 5.83. The summed E-state index contributed by atoms with van der Waals surface area (Å²) in [4.78, 5) is 0. The van der Waals surface area contributed by atoms with Crippen molar-refractivity contribution in [1.82, 2.24) is 0 Å². The molecule has 2 aromatic carbocycles. The molecule has 0 aromatic heterocycles. The summed E-state index contributed by atoms with van der Waals surface area (Å²) < 4.78 is 6.05. The molecule has 1 aliphatic heterocycles. The van der Waals surface area contributed by atoms with E-state index in [1.54, 1.807) is 0 Å². The molecule has 0 saturated carbocycles. The van der Waals surface area contributed by atoms with Gasteiger partial charge in [-0.15, -0.1) is 23.5 Å². The zero-order valence-electron chi connectivity index (χ0n) is 11.5. The van der Waals surface area contributed by atoms with Gasteiger partial charge in [-0.2, -0.15) is 0 Å². The number of benzene rings is 2. The van der Waals surface area contributed by atoms with Crippen LogP contribution in [-0.4, -0.2) is 11.5 Å². The zero-order valence-corrected chi connectivity index (χ0v) is 13.2. The third-order valence-corrected chi connectivity index (χ3v) is 6.82. The number of rotatable bonds is 4. The Kier molecular flexibility index (Phi) is 4.27. The summed E-state index contributed by atoms with van der Waals surface area (Å²) >= 11 is 4.07. The van der Waals surface area contributed by atoms with Crippen molar-refractivity contribution in [3.63, 3.8) is 0 Å². The second-order valence-corrected chi connectivity index (χ2v) is 8.23. The van der Waals surface area contributed by atoms with E-state index in [4.69, 9.17) is 4.74 Å². The normalized spacial score (nSPS) is 17.1. The highest BCUT2D eigenvalue weighted by Gasteiger charge is 2.31. The molecule has 0 N–H and O–H groups in total. The van der Waals surface area contributed by atoms with Gasteiger partial charge < -0.3 is 4.74 Å². The number of hydrogen-bond acceptors (Lipinski definition) is 3. The molecule has 0 amide bonds. The lowest BCUT2D eigenvalue weighted by atomic mass is 10.1. The Morgan fingerprint density at radius 2 is 1.60 bits per heavy atom. The van der Waals surface area contributed by atoms with E-state index in [0.29, 0.717) is 6.61 Å². The van der Waals surface area contributed by atoms with Crippen molar-refractivity contribution < 1.29 is 4.74 Å². The van der Waals surface area contributed by atoms with Crippen molar-refractivity contribution in [2.45, 2.75) is 17.6 Å². The Bertz CT molecular complexity index is 545. The smallest absolute Gasteiger partial charge is 0.119 e. The molecule has 1 aliphatic rings. The molecule has 0 atom stereocenters. The third kappa shape index (κ3) is 3.15. The lowest BCUT2D eigenvalue weighted by Crippen LogP contribution is -2.08. The van der Waals surface area contributed by atoms with Crippen LogP contribution in [0.5, 0.6) is 5.75 Å². The van der Waals surface area contributed by atoms with E-state index in [2.05, 4.69) is 43.3 Å². The largest absolute Gasteiger partial charge is 0.489 e. The minimum atomic E-state index is 0.220. The predicted molar refractivity (Wildman–Crippen MR) is 89.5 cm³/mol. The first-order valence-corrected chi connectivity index (χ1v) is 8.79. The van der Waals surface area contributed by atoms with Gasteiger partial charge in [0.25, 0.3) is 0 Å². The summed E-state index contributed by atoms with van der Waals surface area (Å²) in [5, 5.41) is 0. The Hall–Kier alpha value is -1.06. The lowest BCUT2D eigenvalue weighted by Gasteiger charge is -2.22. The first-order chi connectivity index (χ1) is 9.76. The Balaban J connectivity index is 1.64. The van der Waals surface area contributed by atoms with Crippen molar-refractivity contribution in [3.8, 4) is 5.75 Å². The van der Waals surface area contributed by atoms with Crippen LogP contribution in [-0.2, 0) is 10.7 Å². The van der Waals surface area contributed by atoms with Gasteiger partial charge in [0.2, 0.25) is 0 Å². The molecule has 3 rings (SSSR count). The second kappa shape index (κ2) is 6.15. The molecule has 0 unspecified atom stereocenters. The molecular formula is C17H18OS2. The first-order valence-electron chi connectivity index (χ1n) is 6.81. The predicted octanol–water partition coefficient (Wildman–Crippen LogP) is 4.92. The zero-order chi connectivity index (χ0) is 13.8. The summed E-state index contributed by atoms with van der Waals surface area (Å²) in [7, 11) is 0. The first kappa shape index (κ1) is 13.9. The Morgan fingerprint density at radius 1 is 0.950 bits per heavy atom. The molecule has 1 heterocycles. The maximum Gasteiger partial charge on any atom is 0.119 e.